The van der Waals surface area contributed by atoms with Crippen LogP contribution < -0.4 is 5.32 Å². The Balaban J connectivity index is 1.81. The lowest BCUT2D eigenvalue weighted by molar-refractivity contribution is 0.177. The summed E-state index contributed by atoms with van der Waals surface area (Å²) < 4.78 is 1.96. The van der Waals surface area contributed by atoms with Crippen LogP contribution in [0.25, 0.3) is 0 Å². The summed E-state index contributed by atoms with van der Waals surface area (Å²) in [5.74, 6) is 0. The van der Waals surface area contributed by atoms with Gasteiger partial charge in [0.25, 0.3) is 0 Å². The molecule has 1 fully saturated rings. The van der Waals surface area contributed by atoms with Gasteiger partial charge < -0.3 is 10.2 Å². The highest BCUT2D eigenvalue weighted by molar-refractivity contribution is 5.39. The second-order valence-electron chi connectivity index (χ2n) is 5.13. The normalized spacial score (nSPS) is 18.8. The summed E-state index contributed by atoms with van der Waals surface area (Å²) in [5.41, 5.74) is 1.16. The molecule has 0 atom stereocenters. The van der Waals surface area contributed by atoms with Crippen molar-refractivity contribution in [1.29, 1.82) is 0 Å². The molecule has 0 saturated carbocycles. The van der Waals surface area contributed by atoms with E-state index in [2.05, 4.69) is 42.3 Å². The third kappa shape index (κ3) is 3.22. The average Bonchev–Trinajstić information content (AvgIpc) is 2.77. The molecular formula is C13H24N4. The molecule has 2 rings (SSSR count). The Hall–Kier alpha value is -1.03. The number of nitrogens with zero attached hydrogens (tertiary/aromatic N) is 3. The van der Waals surface area contributed by atoms with E-state index in [4.69, 9.17) is 0 Å². The SMILES string of the molecule is CCn1cc(NC2CCN(C(C)C)CC2)cn1. The fourth-order valence-electron chi connectivity index (χ4n) is 2.41. The van der Waals surface area contributed by atoms with Crippen molar-refractivity contribution < 1.29 is 0 Å². The van der Waals surface area contributed by atoms with E-state index in [9.17, 15) is 0 Å². The Kier molecular flexibility index (Phi) is 4.05. The summed E-state index contributed by atoms with van der Waals surface area (Å²) in [5, 5.41) is 7.87. The van der Waals surface area contributed by atoms with E-state index in [1.165, 1.54) is 25.9 Å². The van der Waals surface area contributed by atoms with E-state index in [-0.39, 0.29) is 0 Å². The second-order valence-corrected chi connectivity index (χ2v) is 5.13. The van der Waals surface area contributed by atoms with E-state index in [0.29, 0.717) is 12.1 Å². The lowest BCUT2D eigenvalue weighted by Gasteiger charge is -2.35. The Morgan fingerprint density at radius 1 is 1.41 bits per heavy atom. The number of likely N-dealkylation sites (tertiary alicyclic amines) is 1. The molecule has 96 valence electrons. The molecule has 0 radical (unpaired) electrons. The minimum Gasteiger partial charge on any atom is -0.380 e. The van der Waals surface area contributed by atoms with Crippen LogP contribution in [0.3, 0.4) is 0 Å². The second kappa shape index (κ2) is 5.54. The fourth-order valence-corrected chi connectivity index (χ4v) is 2.41. The first kappa shape index (κ1) is 12.4. The van der Waals surface area contributed by atoms with Gasteiger partial charge in [-0.05, 0) is 33.6 Å². The predicted octanol–water partition coefficient (Wildman–Crippen LogP) is 2.19. The van der Waals surface area contributed by atoms with Gasteiger partial charge in [-0.3, -0.25) is 4.68 Å². The number of nitrogens with one attached hydrogen (secondary N) is 1. The number of piperidine rings is 1. The number of hydrogen-bond acceptors (Lipinski definition) is 3. The minimum atomic E-state index is 0.611. The molecule has 0 amide bonds. The van der Waals surface area contributed by atoms with Crippen molar-refractivity contribution >= 4 is 5.69 Å². The first-order valence-electron chi connectivity index (χ1n) is 6.72. The minimum absolute atomic E-state index is 0.611. The molecule has 1 aromatic heterocycles. The monoisotopic (exact) mass is 236 g/mol. The molecule has 17 heavy (non-hydrogen) atoms. The molecule has 1 N–H and O–H groups in total. The van der Waals surface area contributed by atoms with Crippen LogP contribution >= 0.6 is 0 Å². The molecule has 0 aromatic carbocycles. The Labute approximate surface area is 104 Å². The van der Waals surface area contributed by atoms with Crippen LogP contribution in [0.5, 0.6) is 0 Å². The number of anilines is 1. The average molecular weight is 236 g/mol. The van der Waals surface area contributed by atoms with Gasteiger partial charge in [0.1, 0.15) is 0 Å². The zero-order chi connectivity index (χ0) is 12.3. The molecule has 1 aliphatic heterocycles. The molecule has 4 nitrogen and oxygen atoms in total. The first-order chi connectivity index (χ1) is 8.19. The van der Waals surface area contributed by atoms with Gasteiger partial charge in [0.2, 0.25) is 0 Å². The van der Waals surface area contributed by atoms with Crippen molar-refractivity contribution in [1.82, 2.24) is 14.7 Å². The molecule has 2 heterocycles. The van der Waals surface area contributed by atoms with Gasteiger partial charge in [0, 0.05) is 37.9 Å². The van der Waals surface area contributed by atoms with Gasteiger partial charge in [-0.1, -0.05) is 0 Å². The van der Waals surface area contributed by atoms with Gasteiger partial charge >= 0.3 is 0 Å². The van der Waals surface area contributed by atoms with Crippen molar-refractivity contribution in [2.24, 2.45) is 0 Å². The smallest absolute Gasteiger partial charge is 0.0728 e. The van der Waals surface area contributed by atoms with E-state index in [1.807, 2.05) is 10.9 Å². The molecule has 0 spiro atoms. The van der Waals surface area contributed by atoms with Crippen LogP contribution in [0.15, 0.2) is 12.4 Å². The zero-order valence-corrected chi connectivity index (χ0v) is 11.2. The quantitative estimate of drug-likeness (QED) is 0.870. The van der Waals surface area contributed by atoms with Crippen LogP contribution in [0.1, 0.15) is 33.6 Å². The van der Waals surface area contributed by atoms with Gasteiger partial charge in [-0.15, -0.1) is 0 Å². The highest BCUT2D eigenvalue weighted by Gasteiger charge is 2.20. The van der Waals surface area contributed by atoms with Gasteiger partial charge in [0.05, 0.1) is 11.9 Å². The van der Waals surface area contributed by atoms with Gasteiger partial charge in [0.15, 0.2) is 0 Å². The number of aromatic nitrogens is 2. The Bertz CT molecular complexity index is 337. The van der Waals surface area contributed by atoms with Gasteiger partial charge in [-0.2, -0.15) is 5.10 Å². The van der Waals surface area contributed by atoms with Crippen LogP contribution in [0.2, 0.25) is 0 Å². The molecule has 1 aromatic rings. The lowest BCUT2D eigenvalue weighted by atomic mass is 10.0. The van der Waals surface area contributed by atoms with E-state index in [0.717, 1.165) is 12.2 Å². The molecular weight excluding hydrogens is 212 g/mol. The number of hydrogen-bond donors (Lipinski definition) is 1. The van der Waals surface area contributed by atoms with Crippen molar-refractivity contribution in [2.45, 2.75) is 52.2 Å². The molecule has 0 unspecified atom stereocenters. The van der Waals surface area contributed by atoms with Crippen molar-refractivity contribution in [3.8, 4) is 0 Å². The Morgan fingerprint density at radius 3 is 2.65 bits per heavy atom. The third-order valence-electron chi connectivity index (χ3n) is 3.59. The van der Waals surface area contributed by atoms with Crippen LogP contribution in [-0.2, 0) is 6.54 Å². The zero-order valence-electron chi connectivity index (χ0n) is 11.2. The van der Waals surface area contributed by atoms with Crippen LogP contribution in [0.4, 0.5) is 5.69 Å². The van der Waals surface area contributed by atoms with Crippen molar-refractivity contribution in [3.63, 3.8) is 0 Å². The Morgan fingerprint density at radius 2 is 2.12 bits per heavy atom. The highest BCUT2D eigenvalue weighted by atomic mass is 15.3. The molecule has 0 bridgehead atoms. The highest BCUT2D eigenvalue weighted by Crippen LogP contribution is 2.17. The van der Waals surface area contributed by atoms with Crippen molar-refractivity contribution in [2.75, 3.05) is 18.4 Å². The number of rotatable bonds is 4. The third-order valence-corrected chi connectivity index (χ3v) is 3.59. The predicted molar refractivity (Wildman–Crippen MR) is 71.3 cm³/mol. The van der Waals surface area contributed by atoms with E-state index in [1.54, 1.807) is 0 Å². The van der Waals surface area contributed by atoms with Crippen LogP contribution in [-0.4, -0.2) is 39.9 Å². The summed E-state index contributed by atoms with van der Waals surface area (Å²) in [6.45, 7) is 10.0. The molecule has 1 aliphatic rings. The standard InChI is InChI=1S/C13H24N4/c1-4-17-10-13(9-14-17)15-12-5-7-16(8-6-12)11(2)3/h9-12,15H,4-8H2,1-3H3. The fraction of sp³-hybridized carbons (Fsp3) is 0.769. The van der Waals surface area contributed by atoms with E-state index < -0.39 is 0 Å². The summed E-state index contributed by atoms with van der Waals surface area (Å²) >= 11 is 0. The number of aryl methyl sites for hydroxylation is 1. The van der Waals surface area contributed by atoms with E-state index >= 15 is 0 Å². The molecule has 0 aliphatic carbocycles. The lowest BCUT2D eigenvalue weighted by Crippen LogP contribution is -2.42. The summed E-state index contributed by atoms with van der Waals surface area (Å²) in [7, 11) is 0. The maximum absolute atomic E-state index is 4.29. The maximum Gasteiger partial charge on any atom is 0.0728 e. The van der Waals surface area contributed by atoms with Gasteiger partial charge in [-0.25, -0.2) is 0 Å². The molecule has 1 saturated heterocycles. The van der Waals surface area contributed by atoms with Crippen molar-refractivity contribution in [3.05, 3.63) is 12.4 Å². The van der Waals surface area contributed by atoms with Crippen LogP contribution in [0, 0.1) is 0 Å². The summed E-state index contributed by atoms with van der Waals surface area (Å²) in [6.07, 6.45) is 6.48. The largest absolute Gasteiger partial charge is 0.380 e. The first-order valence-corrected chi connectivity index (χ1v) is 6.72. The molecule has 4 heteroatoms. The topological polar surface area (TPSA) is 33.1 Å². The maximum atomic E-state index is 4.29. The summed E-state index contributed by atoms with van der Waals surface area (Å²) in [6, 6.07) is 1.29. The summed E-state index contributed by atoms with van der Waals surface area (Å²) in [4.78, 5) is 2.55.